The van der Waals surface area contributed by atoms with E-state index in [4.69, 9.17) is 24.4 Å². The average Bonchev–Trinajstić information content (AvgIpc) is 3.32. The molecule has 142 valence electrons. The van der Waals surface area contributed by atoms with Crippen LogP contribution in [0.4, 0.5) is 0 Å². The van der Waals surface area contributed by atoms with Gasteiger partial charge in [0.1, 0.15) is 23.6 Å². The van der Waals surface area contributed by atoms with Crippen molar-refractivity contribution in [3.8, 4) is 17.1 Å². The molecule has 1 saturated heterocycles. The number of hydrogen-bond acceptors (Lipinski definition) is 5. The van der Waals surface area contributed by atoms with Crippen LogP contribution in [0.3, 0.4) is 0 Å². The van der Waals surface area contributed by atoms with Gasteiger partial charge in [-0.2, -0.15) is 5.10 Å². The van der Waals surface area contributed by atoms with Crippen LogP contribution < -0.4 is 4.74 Å². The highest BCUT2D eigenvalue weighted by Crippen LogP contribution is 2.30. The molecule has 1 aliphatic heterocycles. The van der Waals surface area contributed by atoms with Crippen molar-refractivity contribution in [1.29, 1.82) is 0 Å². The van der Waals surface area contributed by atoms with Gasteiger partial charge in [-0.15, -0.1) is 0 Å². The molecule has 1 aliphatic rings. The Labute approximate surface area is 157 Å². The molecule has 0 aliphatic carbocycles. The Bertz CT molecular complexity index is 917. The number of nitrogens with zero attached hydrogens (tertiary/aromatic N) is 3. The molecule has 0 bridgehead atoms. The molecule has 0 amide bonds. The van der Waals surface area contributed by atoms with Crippen LogP contribution in [0, 0.1) is 6.92 Å². The van der Waals surface area contributed by atoms with Gasteiger partial charge in [-0.3, -0.25) is 9.48 Å². The Balaban J connectivity index is 0.000000659. The zero-order valence-electron chi connectivity index (χ0n) is 15.5. The number of carboxylic acid groups (broad SMARTS) is 1. The molecule has 1 N–H and O–H groups in total. The third-order valence-corrected chi connectivity index (χ3v) is 4.43. The standard InChI is InChI=1S/C19H21N3O2.CH2O2/c1-13-11-17(16-8-9-22(2)21-16)20-19-15(13)6-3-7-18(19)24-12-14-5-4-10-23-14;2-1-3/h3,6-9,11,14H,4-5,10,12H2,1-2H3;1H,(H,2,3). The van der Waals surface area contributed by atoms with Gasteiger partial charge in [0.05, 0.1) is 11.8 Å². The highest BCUT2D eigenvalue weighted by atomic mass is 16.5. The highest BCUT2D eigenvalue weighted by molar-refractivity contribution is 5.89. The molecule has 1 aromatic carbocycles. The summed E-state index contributed by atoms with van der Waals surface area (Å²) < 4.78 is 13.5. The van der Waals surface area contributed by atoms with Crippen molar-refractivity contribution in [3.63, 3.8) is 0 Å². The number of aromatic nitrogens is 3. The fraction of sp³-hybridized carbons (Fsp3) is 0.350. The lowest BCUT2D eigenvalue weighted by atomic mass is 10.1. The molecule has 0 saturated carbocycles. The van der Waals surface area contributed by atoms with E-state index in [2.05, 4.69) is 24.2 Å². The SMILES string of the molecule is Cc1cc(-c2ccn(C)n2)nc2c(OCC3CCCO3)cccc12.O=CO. The first-order valence-electron chi connectivity index (χ1n) is 8.85. The van der Waals surface area contributed by atoms with Crippen molar-refractivity contribution < 1.29 is 19.4 Å². The summed E-state index contributed by atoms with van der Waals surface area (Å²) >= 11 is 0. The Kier molecular flexibility index (Phi) is 6.03. The van der Waals surface area contributed by atoms with E-state index in [-0.39, 0.29) is 12.6 Å². The number of para-hydroxylation sites is 1. The van der Waals surface area contributed by atoms with Crippen LogP contribution in [0.15, 0.2) is 36.5 Å². The maximum atomic E-state index is 8.36. The number of aryl methyl sites for hydroxylation is 2. The number of rotatable bonds is 4. The van der Waals surface area contributed by atoms with Crippen LogP contribution in [-0.4, -0.2) is 45.7 Å². The van der Waals surface area contributed by atoms with Crippen LogP contribution >= 0.6 is 0 Å². The van der Waals surface area contributed by atoms with E-state index in [1.807, 2.05) is 31.4 Å². The molecule has 4 rings (SSSR count). The van der Waals surface area contributed by atoms with Crippen molar-refractivity contribution in [3.05, 3.63) is 42.1 Å². The number of ether oxygens (including phenoxy) is 2. The van der Waals surface area contributed by atoms with Gasteiger partial charge in [-0.25, -0.2) is 4.98 Å². The summed E-state index contributed by atoms with van der Waals surface area (Å²) in [7, 11) is 1.91. The summed E-state index contributed by atoms with van der Waals surface area (Å²) in [6.07, 6.45) is 4.30. The van der Waals surface area contributed by atoms with E-state index < -0.39 is 0 Å². The molecule has 7 nitrogen and oxygen atoms in total. The molecule has 1 atom stereocenters. The number of carbonyl (C=O) groups is 1. The minimum atomic E-state index is -0.250. The molecule has 2 aromatic heterocycles. The first kappa shape index (κ1) is 18.8. The number of fused-ring (bicyclic) bond motifs is 1. The fourth-order valence-electron chi connectivity index (χ4n) is 3.15. The molecule has 0 radical (unpaired) electrons. The molecule has 1 fully saturated rings. The summed E-state index contributed by atoms with van der Waals surface area (Å²) in [5.41, 5.74) is 3.80. The van der Waals surface area contributed by atoms with Gasteiger partial charge in [-0.1, -0.05) is 12.1 Å². The summed E-state index contributed by atoms with van der Waals surface area (Å²) in [6, 6.07) is 10.1. The van der Waals surface area contributed by atoms with E-state index in [0.717, 1.165) is 47.5 Å². The number of benzene rings is 1. The Morgan fingerprint density at radius 3 is 2.85 bits per heavy atom. The molecule has 3 aromatic rings. The quantitative estimate of drug-likeness (QED) is 0.711. The van der Waals surface area contributed by atoms with E-state index in [1.165, 1.54) is 5.56 Å². The topological polar surface area (TPSA) is 86.5 Å². The molecule has 27 heavy (non-hydrogen) atoms. The Hall–Kier alpha value is -2.93. The van der Waals surface area contributed by atoms with Gasteiger partial charge >= 0.3 is 0 Å². The Morgan fingerprint density at radius 2 is 2.19 bits per heavy atom. The van der Waals surface area contributed by atoms with Gasteiger partial charge in [0.15, 0.2) is 0 Å². The second-order valence-corrected chi connectivity index (χ2v) is 6.40. The summed E-state index contributed by atoms with van der Waals surface area (Å²) in [5, 5.41) is 12.5. The predicted molar refractivity (Wildman–Crippen MR) is 102 cm³/mol. The lowest BCUT2D eigenvalue weighted by Crippen LogP contribution is -2.16. The lowest BCUT2D eigenvalue weighted by molar-refractivity contribution is -0.122. The first-order chi connectivity index (χ1) is 13.1. The maximum absolute atomic E-state index is 8.36. The fourth-order valence-corrected chi connectivity index (χ4v) is 3.15. The summed E-state index contributed by atoms with van der Waals surface area (Å²) in [5.74, 6) is 0.809. The van der Waals surface area contributed by atoms with Gasteiger partial charge < -0.3 is 14.6 Å². The monoisotopic (exact) mass is 369 g/mol. The van der Waals surface area contributed by atoms with Crippen LogP contribution in [0.25, 0.3) is 22.3 Å². The normalized spacial score (nSPS) is 16.0. The molecule has 1 unspecified atom stereocenters. The van der Waals surface area contributed by atoms with Crippen LogP contribution in [0.1, 0.15) is 18.4 Å². The zero-order valence-corrected chi connectivity index (χ0v) is 15.5. The van der Waals surface area contributed by atoms with Crippen molar-refractivity contribution in [1.82, 2.24) is 14.8 Å². The van der Waals surface area contributed by atoms with Crippen molar-refractivity contribution >= 4 is 17.4 Å². The third-order valence-electron chi connectivity index (χ3n) is 4.43. The number of pyridine rings is 1. The van der Waals surface area contributed by atoms with E-state index in [0.29, 0.717) is 6.61 Å². The summed E-state index contributed by atoms with van der Waals surface area (Å²) in [4.78, 5) is 13.2. The molecular formula is C20H23N3O4. The number of hydrogen-bond donors (Lipinski definition) is 1. The van der Waals surface area contributed by atoms with E-state index in [9.17, 15) is 0 Å². The van der Waals surface area contributed by atoms with Crippen LogP contribution in [-0.2, 0) is 16.6 Å². The van der Waals surface area contributed by atoms with Gasteiger partial charge in [0.25, 0.3) is 6.47 Å². The smallest absolute Gasteiger partial charge is 0.290 e. The summed E-state index contributed by atoms with van der Waals surface area (Å²) in [6.45, 7) is 3.26. The molecule has 0 spiro atoms. The second kappa shape index (κ2) is 8.64. The zero-order chi connectivity index (χ0) is 19.2. The van der Waals surface area contributed by atoms with Crippen LogP contribution in [0.5, 0.6) is 5.75 Å². The van der Waals surface area contributed by atoms with Gasteiger partial charge in [0.2, 0.25) is 0 Å². The van der Waals surface area contributed by atoms with E-state index >= 15 is 0 Å². The molecule has 7 heteroatoms. The molecular weight excluding hydrogens is 346 g/mol. The maximum Gasteiger partial charge on any atom is 0.290 e. The van der Waals surface area contributed by atoms with Gasteiger partial charge in [-0.05, 0) is 43.5 Å². The second-order valence-electron chi connectivity index (χ2n) is 6.40. The minimum absolute atomic E-state index is 0.195. The largest absolute Gasteiger partial charge is 0.489 e. The average molecular weight is 369 g/mol. The van der Waals surface area contributed by atoms with Gasteiger partial charge in [0, 0.05) is 25.2 Å². The Morgan fingerprint density at radius 1 is 1.37 bits per heavy atom. The van der Waals surface area contributed by atoms with E-state index in [1.54, 1.807) is 4.68 Å². The minimum Gasteiger partial charge on any atom is -0.489 e. The lowest BCUT2D eigenvalue weighted by Gasteiger charge is -2.14. The van der Waals surface area contributed by atoms with Crippen molar-refractivity contribution in [2.24, 2.45) is 7.05 Å². The predicted octanol–water partition coefficient (Wildman–Crippen LogP) is 3.20. The highest BCUT2D eigenvalue weighted by Gasteiger charge is 2.17. The molecule has 3 heterocycles. The third kappa shape index (κ3) is 4.43. The van der Waals surface area contributed by atoms with Crippen molar-refractivity contribution in [2.75, 3.05) is 13.2 Å². The van der Waals surface area contributed by atoms with Crippen LogP contribution in [0.2, 0.25) is 0 Å². The van der Waals surface area contributed by atoms with Crippen molar-refractivity contribution in [2.45, 2.75) is 25.9 Å². The first-order valence-corrected chi connectivity index (χ1v) is 8.85.